The highest BCUT2D eigenvalue weighted by Crippen LogP contribution is 2.11. The molecule has 0 saturated heterocycles. The van der Waals surface area contributed by atoms with E-state index < -0.39 is 8.32 Å². The Hall–Kier alpha value is -0.243. The molecule has 0 fully saturated rings. The van der Waals surface area contributed by atoms with Crippen molar-refractivity contribution in [3.05, 3.63) is 12.3 Å². The number of allylic oxidation sites excluding steroid dienone is 1. The fourth-order valence-corrected chi connectivity index (χ4v) is 2.40. The predicted molar refractivity (Wildman–Crippen MR) is 85.4 cm³/mol. The minimum absolute atomic E-state index is 1.18. The number of hydrogen-bond acceptors (Lipinski definition) is 1. The van der Waals surface area contributed by atoms with E-state index in [1.165, 1.54) is 64.2 Å². The summed E-state index contributed by atoms with van der Waals surface area (Å²) in [4.78, 5) is 0. The van der Waals surface area contributed by atoms with Gasteiger partial charge in [0.05, 0.1) is 6.26 Å². The maximum absolute atomic E-state index is 5.67. The van der Waals surface area contributed by atoms with Gasteiger partial charge in [-0.3, -0.25) is 0 Å². The molecular formula is C16H34OSi. The van der Waals surface area contributed by atoms with Gasteiger partial charge in [0.25, 0.3) is 0 Å². The summed E-state index contributed by atoms with van der Waals surface area (Å²) >= 11 is 0. The molecule has 0 aromatic rings. The summed E-state index contributed by atoms with van der Waals surface area (Å²) in [5.41, 5.74) is 0. The van der Waals surface area contributed by atoms with Crippen LogP contribution in [0.5, 0.6) is 0 Å². The minimum atomic E-state index is -1.34. The number of hydrogen-bond donors (Lipinski definition) is 0. The van der Waals surface area contributed by atoms with Crippen LogP contribution in [-0.2, 0) is 4.43 Å². The monoisotopic (exact) mass is 270 g/mol. The molecule has 0 bridgehead atoms. The van der Waals surface area contributed by atoms with Crippen molar-refractivity contribution < 1.29 is 4.43 Å². The lowest BCUT2D eigenvalue weighted by Crippen LogP contribution is -2.21. The largest absolute Gasteiger partial charge is 0.550 e. The molecule has 0 heterocycles. The van der Waals surface area contributed by atoms with Crippen molar-refractivity contribution in [3.63, 3.8) is 0 Å². The second-order valence-electron chi connectivity index (χ2n) is 6.22. The van der Waals surface area contributed by atoms with Crippen LogP contribution in [-0.4, -0.2) is 8.32 Å². The van der Waals surface area contributed by atoms with E-state index in [2.05, 4.69) is 32.6 Å². The molecular weight excluding hydrogens is 236 g/mol. The molecule has 0 unspecified atom stereocenters. The summed E-state index contributed by atoms with van der Waals surface area (Å²) in [6.45, 7) is 8.93. The van der Waals surface area contributed by atoms with E-state index in [1.54, 1.807) is 0 Å². The third-order valence-electron chi connectivity index (χ3n) is 2.99. The van der Waals surface area contributed by atoms with E-state index >= 15 is 0 Å². The summed E-state index contributed by atoms with van der Waals surface area (Å²) < 4.78 is 5.67. The third-order valence-corrected chi connectivity index (χ3v) is 3.84. The first-order valence-corrected chi connectivity index (χ1v) is 11.3. The second-order valence-corrected chi connectivity index (χ2v) is 10.7. The van der Waals surface area contributed by atoms with Gasteiger partial charge in [-0.2, -0.15) is 0 Å². The Kier molecular flexibility index (Phi) is 11.7. The topological polar surface area (TPSA) is 9.23 Å². The van der Waals surface area contributed by atoms with E-state index in [0.29, 0.717) is 0 Å². The minimum Gasteiger partial charge on any atom is -0.550 e. The van der Waals surface area contributed by atoms with Crippen LogP contribution in [0.3, 0.4) is 0 Å². The van der Waals surface area contributed by atoms with Gasteiger partial charge in [0, 0.05) is 0 Å². The van der Waals surface area contributed by atoms with E-state index in [1.807, 2.05) is 6.26 Å². The molecule has 0 saturated carbocycles. The van der Waals surface area contributed by atoms with E-state index in [4.69, 9.17) is 4.43 Å². The highest BCUT2D eigenvalue weighted by Gasteiger charge is 2.12. The van der Waals surface area contributed by atoms with Crippen LogP contribution in [0.2, 0.25) is 19.6 Å². The van der Waals surface area contributed by atoms with Crippen molar-refractivity contribution in [3.8, 4) is 0 Å². The Morgan fingerprint density at radius 1 is 0.778 bits per heavy atom. The summed E-state index contributed by atoms with van der Waals surface area (Å²) in [7, 11) is -1.34. The van der Waals surface area contributed by atoms with Gasteiger partial charge in [-0.25, -0.2) is 0 Å². The first-order chi connectivity index (χ1) is 8.56. The molecule has 0 radical (unpaired) electrons. The molecule has 0 aliphatic heterocycles. The van der Waals surface area contributed by atoms with Gasteiger partial charge in [-0.05, 0) is 32.5 Å². The van der Waals surface area contributed by atoms with Gasteiger partial charge in [-0.1, -0.05) is 64.4 Å². The lowest BCUT2D eigenvalue weighted by Gasteiger charge is -2.14. The van der Waals surface area contributed by atoms with Gasteiger partial charge < -0.3 is 4.43 Å². The lowest BCUT2D eigenvalue weighted by molar-refractivity contribution is 0.475. The number of unbranched alkanes of at least 4 members (excludes halogenated alkanes) is 9. The molecule has 0 N–H and O–H groups in total. The van der Waals surface area contributed by atoms with E-state index in [9.17, 15) is 0 Å². The Morgan fingerprint density at radius 3 is 1.78 bits per heavy atom. The van der Waals surface area contributed by atoms with Crippen LogP contribution in [0, 0.1) is 0 Å². The van der Waals surface area contributed by atoms with Gasteiger partial charge >= 0.3 is 0 Å². The van der Waals surface area contributed by atoms with Crippen molar-refractivity contribution in [2.75, 3.05) is 0 Å². The summed E-state index contributed by atoms with van der Waals surface area (Å²) in [6.07, 6.45) is 17.9. The van der Waals surface area contributed by atoms with Gasteiger partial charge in [0.1, 0.15) is 0 Å². The smallest absolute Gasteiger partial charge is 0.241 e. The van der Waals surface area contributed by atoms with Crippen LogP contribution in [0.1, 0.15) is 71.1 Å². The van der Waals surface area contributed by atoms with Crippen molar-refractivity contribution in [1.82, 2.24) is 0 Å². The molecule has 0 aromatic carbocycles. The highest BCUT2D eigenvalue weighted by molar-refractivity contribution is 6.69. The molecule has 0 amide bonds. The average molecular weight is 271 g/mol. The molecule has 18 heavy (non-hydrogen) atoms. The molecule has 0 aliphatic carbocycles. The SMILES string of the molecule is CCCCCCCCCCC/C=C\O[Si](C)(C)C. The van der Waals surface area contributed by atoms with Gasteiger partial charge in [0.2, 0.25) is 8.32 Å². The molecule has 1 nitrogen and oxygen atoms in total. The molecule has 0 atom stereocenters. The summed E-state index contributed by atoms with van der Waals surface area (Å²) in [5.74, 6) is 0. The predicted octanol–water partition coefficient (Wildman–Crippen LogP) is 6.27. The number of rotatable bonds is 12. The molecule has 0 spiro atoms. The zero-order valence-corrected chi connectivity index (χ0v) is 14.1. The van der Waals surface area contributed by atoms with E-state index in [0.717, 1.165) is 0 Å². The van der Waals surface area contributed by atoms with Crippen molar-refractivity contribution in [2.45, 2.75) is 90.8 Å². The Balaban J connectivity index is 3.12. The average Bonchev–Trinajstić information content (AvgIpc) is 2.29. The Labute approximate surface area is 116 Å². The fourth-order valence-electron chi connectivity index (χ4n) is 1.89. The maximum atomic E-state index is 5.67. The van der Waals surface area contributed by atoms with Crippen LogP contribution in [0.25, 0.3) is 0 Å². The summed E-state index contributed by atoms with van der Waals surface area (Å²) in [5, 5.41) is 0. The van der Waals surface area contributed by atoms with E-state index in [-0.39, 0.29) is 0 Å². The maximum Gasteiger partial charge on any atom is 0.241 e. The normalized spacial score (nSPS) is 12.2. The quantitative estimate of drug-likeness (QED) is 0.230. The van der Waals surface area contributed by atoms with Crippen LogP contribution in [0.4, 0.5) is 0 Å². The van der Waals surface area contributed by atoms with Crippen molar-refractivity contribution >= 4 is 8.32 Å². The third kappa shape index (κ3) is 15.8. The molecule has 108 valence electrons. The van der Waals surface area contributed by atoms with Crippen molar-refractivity contribution in [1.29, 1.82) is 0 Å². The zero-order chi connectivity index (χ0) is 13.7. The van der Waals surface area contributed by atoms with Crippen LogP contribution in [0.15, 0.2) is 12.3 Å². The molecule has 2 heteroatoms. The first kappa shape index (κ1) is 17.8. The molecule has 0 aliphatic rings. The van der Waals surface area contributed by atoms with Crippen LogP contribution < -0.4 is 0 Å². The Bertz CT molecular complexity index is 194. The lowest BCUT2D eigenvalue weighted by atomic mass is 10.1. The summed E-state index contributed by atoms with van der Waals surface area (Å²) in [6, 6.07) is 0. The van der Waals surface area contributed by atoms with Crippen LogP contribution >= 0.6 is 0 Å². The van der Waals surface area contributed by atoms with Crippen molar-refractivity contribution in [2.24, 2.45) is 0 Å². The first-order valence-electron chi connectivity index (χ1n) is 7.89. The zero-order valence-electron chi connectivity index (χ0n) is 13.1. The van der Waals surface area contributed by atoms with Gasteiger partial charge in [-0.15, -0.1) is 0 Å². The standard InChI is InChI=1S/C16H34OSi/c1-5-6-7-8-9-10-11-12-13-14-15-16-17-18(2,3)4/h15-16H,5-14H2,1-4H3/b16-15-. The molecule has 0 aromatic heterocycles. The fraction of sp³-hybridized carbons (Fsp3) is 0.875. The van der Waals surface area contributed by atoms with Gasteiger partial charge in [0.15, 0.2) is 0 Å². The Morgan fingerprint density at radius 2 is 1.28 bits per heavy atom. The molecule has 0 rings (SSSR count). The highest BCUT2D eigenvalue weighted by atomic mass is 28.4. The second kappa shape index (κ2) is 11.8.